The maximum absolute atomic E-state index is 11.5. The number of piperidine rings is 1. The number of hydrogen-bond donors (Lipinski definition) is 2. The number of hydrogen-bond acceptors (Lipinski definition) is 3. The molecular weight excluding hydrogens is 204 g/mol. The summed E-state index contributed by atoms with van der Waals surface area (Å²) in [6, 6.07) is 0.306. The molecular formula is C12H24N2O2. The standard InChI is InChI=1S/C11H20N2O2.CH4/c14-11(15-10-3-1-2-4-10)13-9-5-7-12-8-6-9;/h9-10,12H,1-8H2,(H,13,14);1H4. The summed E-state index contributed by atoms with van der Waals surface area (Å²) in [5.41, 5.74) is 0. The Balaban J connectivity index is 0.00000128. The molecule has 4 heteroatoms. The zero-order chi connectivity index (χ0) is 10.5. The molecule has 0 spiro atoms. The summed E-state index contributed by atoms with van der Waals surface area (Å²) in [5.74, 6) is 0. The van der Waals surface area contributed by atoms with E-state index < -0.39 is 0 Å². The molecule has 1 heterocycles. The van der Waals surface area contributed by atoms with Crippen LogP contribution in [0.1, 0.15) is 46.0 Å². The number of amides is 1. The van der Waals surface area contributed by atoms with Gasteiger partial charge in [-0.1, -0.05) is 7.43 Å². The van der Waals surface area contributed by atoms with Gasteiger partial charge in [0.05, 0.1) is 0 Å². The zero-order valence-corrected chi connectivity index (χ0v) is 9.13. The van der Waals surface area contributed by atoms with Crippen molar-refractivity contribution in [3.05, 3.63) is 0 Å². The molecule has 2 N–H and O–H groups in total. The molecule has 0 atom stereocenters. The third-order valence-corrected chi connectivity index (χ3v) is 3.24. The molecule has 2 fully saturated rings. The smallest absolute Gasteiger partial charge is 0.407 e. The van der Waals surface area contributed by atoms with E-state index in [9.17, 15) is 4.79 Å². The molecule has 94 valence electrons. The zero-order valence-electron chi connectivity index (χ0n) is 9.13. The van der Waals surface area contributed by atoms with Crippen molar-refractivity contribution in [2.75, 3.05) is 13.1 Å². The maximum Gasteiger partial charge on any atom is 0.407 e. The number of alkyl carbamates (subject to hydrolysis) is 1. The van der Waals surface area contributed by atoms with E-state index in [4.69, 9.17) is 4.74 Å². The first-order valence-electron chi connectivity index (χ1n) is 6.02. The van der Waals surface area contributed by atoms with Crippen LogP contribution in [-0.2, 0) is 4.74 Å². The van der Waals surface area contributed by atoms with E-state index in [1.165, 1.54) is 12.8 Å². The van der Waals surface area contributed by atoms with E-state index in [1.54, 1.807) is 0 Å². The van der Waals surface area contributed by atoms with Crippen molar-refractivity contribution < 1.29 is 9.53 Å². The van der Waals surface area contributed by atoms with Crippen LogP contribution < -0.4 is 10.6 Å². The monoisotopic (exact) mass is 228 g/mol. The summed E-state index contributed by atoms with van der Waals surface area (Å²) in [7, 11) is 0. The predicted molar refractivity (Wildman–Crippen MR) is 64.5 cm³/mol. The average Bonchev–Trinajstić information content (AvgIpc) is 2.71. The summed E-state index contributed by atoms with van der Waals surface area (Å²) in [4.78, 5) is 11.5. The molecule has 1 amide bonds. The van der Waals surface area contributed by atoms with Gasteiger partial charge in [0.1, 0.15) is 6.10 Å². The fourth-order valence-electron chi connectivity index (χ4n) is 2.32. The lowest BCUT2D eigenvalue weighted by Gasteiger charge is -2.24. The number of carbonyl (C=O) groups is 1. The summed E-state index contributed by atoms with van der Waals surface area (Å²) in [6.45, 7) is 1.99. The molecule has 2 rings (SSSR count). The Morgan fingerprint density at radius 3 is 2.38 bits per heavy atom. The Hall–Kier alpha value is -0.770. The van der Waals surface area contributed by atoms with Crippen molar-refractivity contribution in [3.63, 3.8) is 0 Å². The van der Waals surface area contributed by atoms with Crippen LogP contribution in [0.4, 0.5) is 4.79 Å². The van der Waals surface area contributed by atoms with Crippen LogP contribution in [0.25, 0.3) is 0 Å². The van der Waals surface area contributed by atoms with Gasteiger partial charge in [0, 0.05) is 6.04 Å². The second-order valence-electron chi connectivity index (χ2n) is 4.48. The molecule has 16 heavy (non-hydrogen) atoms. The lowest BCUT2D eigenvalue weighted by atomic mass is 10.1. The lowest BCUT2D eigenvalue weighted by molar-refractivity contribution is 0.0964. The Kier molecular flexibility index (Phi) is 5.60. The first-order valence-corrected chi connectivity index (χ1v) is 6.02. The van der Waals surface area contributed by atoms with Crippen molar-refractivity contribution in [1.82, 2.24) is 10.6 Å². The number of rotatable bonds is 2. The fraction of sp³-hybridized carbons (Fsp3) is 0.917. The SMILES string of the molecule is C.O=C(NC1CCNCC1)OC1CCCC1. The van der Waals surface area contributed by atoms with Crippen molar-refractivity contribution in [2.24, 2.45) is 0 Å². The highest BCUT2D eigenvalue weighted by Crippen LogP contribution is 2.21. The number of nitrogens with one attached hydrogen (secondary N) is 2. The Morgan fingerprint density at radius 1 is 1.12 bits per heavy atom. The minimum atomic E-state index is -0.214. The summed E-state index contributed by atoms with van der Waals surface area (Å²) in [5, 5.41) is 6.21. The predicted octanol–water partition coefficient (Wildman–Crippen LogP) is 2.04. The molecule has 0 unspecified atom stereocenters. The van der Waals surface area contributed by atoms with Crippen LogP contribution in [0.15, 0.2) is 0 Å². The molecule has 0 aromatic heterocycles. The van der Waals surface area contributed by atoms with E-state index >= 15 is 0 Å². The van der Waals surface area contributed by atoms with E-state index in [1.807, 2.05) is 0 Å². The number of carbonyl (C=O) groups excluding carboxylic acids is 1. The van der Waals surface area contributed by atoms with Crippen LogP contribution in [0, 0.1) is 0 Å². The molecule has 0 aromatic carbocycles. The Morgan fingerprint density at radius 2 is 1.75 bits per heavy atom. The molecule has 4 nitrogen and oxygen atoms in total. The van der Waals surface area contributed by atoms with Crippen LogP contribution in [0.3, 0.4) is 0 Å². The highest BCUT2D eigenvalue weighted by Gasteiger charge is 2.21. The fourth-order valence-corrected chi connectivity index (χ4v) is 2.32. The summed E-state index contributed by atoms with van der Waals surface area (Å²) < 4.78 is 5.34. The highest BCUT2D eigenvalue weighted by atomic mass is 16.6. The van der Waals surface area contributed by atoms with Gasteiger partial charge in [-0.3, -0.25) is 0 Å². The van der Waals surface area contributed by atoms with Gasteiger partial charge in [-0.15, -0.1) is 0 Å². The van der Waals surface area contributed by atoms with E-state index in [-0.39, 0.29) is 19.6 Å². The van der Waals surface area contributed by atoms with E-state index in [0.717, 1.165) is 38.8 Å². The molecule has 1 aliphatic carbocycles. The van der Waals surface area contributed by atoms with Crippen molar-refractivity contribution >= 4 is 6.09 Å². The van der Waals surface area contributed by atoms with Gasteiger partial charge in [0.25, 0.3) is 0 Å². The van der Waals surface area contributed by atoms with Crippen molar-refractivity contribution in [1.29, 1.82) is 0 Å². The first-order chi connectivity index (χ1) is 7.34. The molecule has 1 aliphatic heterocycles. The summed E-state index contributed by atoms with van der Waals surface area (Å²) in [6.07, 6.45) is 6.47. The minimum Gasteiger partial charge on any atom is -0.446 e. The van der Waals surface area contributed by atoms with Crippen LogP contribution in [0.2, 0.25) is 0 Å². The Labute approximate surface area is 98.1 Å². The number of ether oxygens (including phenoxy) is 1. The Bertz CT molecular complexity index is 209. The summed E-state index contributed by atoms with van der Waals surface area (Å²) >= 11 is 0. The van der Waals surface area contributed by atoms with Gasteiger partial charge in [-0.05, 0) is 51.6 Å². The molecule has 1 saturated carbocycles. The maximum atomic E-state index is 11.5. The second kappa shape index (κ2) is 6.74. The molecule has 0 aromatic rings. The quantitative estimate of drug-likeness (QED) is 0.760. The van der Waals surface area contributed by atoms with Crippen LogP contribution >= 0.6 is 0 Å². The molecule has 0 bridgehead atoms. The molecule has 1 saturated heterocycles. The third-order valence-electron chi connectivity index (χ3n) is 3.24. The van der Waals surface area contributed by atoms with Gasteiger partial charge in [-0.25, -0.2) is 4.79 Å². The van der Waals surface area contributed by atoms with E-state index in [0.29, 0.717) is 6.04 Å². The second-order valence-corrected chi connectivity index (χ2v) is 4.48. The topological polar surface area (TPSA) is 50.4 Å². The minimum absolute atomic E-state index is 0. The highest BCUT2D eigenvalue weighted by molar-refractivity contribution is 5.67. The average molecular weight is 228 g/mol. The first kappa shape index (κ1) is 13.3. The third kappa shape index (κ3) is 4.00. The van der Waals surface area contributed by atoms with Crippen LogP contribution in [-0.4, -0.2) is 31.3 Å². The lowest BCUT2D eigenvalue weighted by Crippen LogP contribution is -2.43. The van der Waals surface area contributed by atoms with Gasteiger partial charge in [0.15, 0.2) is 0 Å². The molecule has 2 aliphatic rings. The molecule has 0 radical (unpaired) electrons. The van der Waals surface area contributed by atoms with Gasteiger partial charge in [-0.2, -0.15) is 0 Å². The van der Waals surface area contributed by atoms with Crippen molar-refractivity contribution in [3.8, 4) is 0 Å². The van der Waals surface area contributed by atoms with Crippen molar-refractivity contribution in [2.45, 2.75) is 58.1 Å². The van der Waals surface area contributed by atoms with E-state index in [2.05, 4.69) is 10.6 Å². The van der Waals surface area contributed by atoms with Crippen LogP contribution in [0.5, 0.6) is 0 Å². The van der Waals surface area contributed by atoms with Gasteiger partial charge < -0.3 is 15.4 Å². The van der Waals surface area contributed by atoms with Gasteiger partial charge in [0.2, 0.25) is 0 Å². The largest absolute Gasteiger partial charge is 0.446 e. The van der Waals surface area contributed by atoms with Gasteiger partial charge >= 0.3 is 6.09 Å². The normalized spacial score (nSPS) is 22.5.